The Hall–Kier alpha value is -2.39. The smallest absolute Gasteiger partial charge is 0.138 e. The van der Waals surface area contributed by atoms with Crippen molar-refractivity contribution < 1.29 is 9.47 Å². The van der Waals surface area contributed by atoms with E-state index in [1.165, 1.54) is 24.8 Å². The zero-order valence-corrected chi connectivity index (χ0v) is 18.0. The molecule has 3 nitrogen and oxygen atoms in total. The molecule has 1 unspecified atom stereocenters. The molecule has 0 saturated carbocycles. The molecule has 0 saturated heterocycles. The van der Waals surface area contributed by atoms with E-state index in [2.05, 4.69) is 61.8 Å². The molecule has 0 radical (unpaired) electrons. The van der Waals surface area contributed by atoms with Gasteiger partial charge in [-0.15, -0.1) is 0 Å². The highest BCUT2D eigenvalue weighted by molar-refractivity contribution is 5.62. The Morgan fingerprint density at radius 1 is 1.07 bits per heavy atom. The molecule has 0 bridgehead atoms. The molecule has 0 aliphatic carbocycles. The number of allylic oxidation sites excluding steroid dienone is 1. The van der Waals surface area contributed by atoms with Crippen LogP contribution in [0.2, 0.25) is 0 Å². The van der Waals surface area contributed by atoms with Gasteiger partial charge in [0.1, 0.15) is 12.4 Å². The van der Waals surface area contributed by atoms with Crippen LogP contribution in [0.5, 0.6) is 5.75 Å². The van der Waals surface area contributed by atoms with E-state index in [0.29, 0.717) is 12.7 Å². The van der Waals surface area contributed by atoms with E-state index in [1.54, 1.807) is 12.3 Å². The van der Waals surface area contributed by atoms with Gasteiger partial charge in [-0.3, -0.25) is 4.98 Å². The van der Waals surface area contributed by atoms with Gasteiger partial charge >= 0.3 is 0 Å². The summed E-state index contributed by atoms with van der Waals surface area (Å²) in [4.78, 5) is 4.48. The number of pyridine rings is 1. The maximum atomic E-state index is 5.85. The summed E-state index contributed by atoms with van der Waals surface area (Å²) in [6.07, 6.45) is 15.3. The minimum Gasteiger partial charge on any atom is -0.488 e. The van der Waals surface area contributed by atoms with Crippen LogP contribution < -0.4 is 4.74 Å². The SMILES string of the molecule is C=CCOc1ccc(-c2ccc(C=CCCCC(C)OCCCCC)cc2)nc1. The third-order valence-corrected chi connectivity index (χ3v) is 4.75. The molecule has 3 heteroatoms. The van der Waals surface area contributed by atoms with Crippen LogP contribution in [-0.2, 0) is 4.74 Å². The first-order valence-corrected chi connectivity index (χ1v) is 10.8. The lowest BCUT2D eigenvalue weighted by molar-refractivity contribution is 0.0566. The summed E-state index contributed by atoms with van der Waals surface area (Å²) >= 11 is 0. The molecular weight excluding hydrogens is 358 g/mol. The third-order valence-electron chi connectivity index (χ3n) is 4.75. The number of rotatable bonds is 14. The van der Waals surface area contributed by atoms with Gasteiger partial charge in [0, 0.05) is 12.2 Å². The summed E-state index contributed by atoms with van der Waals surface area (Å²) in [6, 6.07) is 12.4. The van der Waals surface area contributed by atoms with Gasteiger partial charge in [0.15, 0.2) is 0 Å². The highest BCUT2D eigenvalue weighted by Crippen LogP contribution is 2.20. The van der Waals surface area contributed by atoms with Gasteiger partial charge in [-0.25, -0.2) is 0 Å². The maximum absolute atomic E-state index is 5.85. The summed E-state index contributed by atoms with van der Waals surface area (Å²) in [5.74, 6) is 0.758. The second-order valence-corrected chi connectivity index (χ2v) is 7.32. The zero-order chi connectivity index (χ0) is 20.7. The highest BCUT2D eigenvalue weighted by Gasteiger charge is 2.02. The molecule has 0 fully saturated rings. The molecule has 2 aromatic rings. The van der Waals surface area contributed by atoms with E-state index in [9.17, 15) is 0 Å². The van der Waals surface area contributed by atoms with E-state index in [1.807, 2.05) is 12.1 Å². The van der Waals surface area contributed by atoms with Crippen LogP contribution in [-0.4, -0.2) is 24.3 Å². The molecule has 2 rings (SSSR count). The second-order valence-electron chi connectivity index (χ2n) is 7.32. The Labute approximate surface area is 176 Å². The van der Waals surface area contributed by atoms with Crippen molar-refractivity contribution in [3.63, 3.8) is 0 Å². The molecule has 156 valence electrons. The first-order valence-electron chi connectivity index (χ1n) is 10.8. The molecule has 0 aliphatic heterocycles. The first kappa shape index (κ1) is 22.9. The van der Waals surface area contributed by atoms with Crippen LogP contribution in [0.3, 0.4) is 0 Å². The van der Waals surface area contributed by atoms with Crippen LogP contribution in [0.15, 0.2) is 61.3 Å². The van der Waals surface area contributed by atoms with Crippen molar-refractivity contribution in [2.24, 2.45) is 0 Å². The Bertz CT molecular complexity index is 719. The number of benzene rings is 1. The lowest BCUT2D eigenvalue weighted by atomic mass is 10.1. The summed E-state index contributed by atoms with van der Waals surface area (Å²) < 4.78 is 11.3. The Morgan fingerprint density at radius 2 is 1.90 bits per heavy atom. The summed E-state index contributed by atoms with van der Waals surface area (Å²) in [6.45, 7) is 9.44. The monoisotopic (exact) mass is 393 g/mol. The van der Waals surface area contributed by atoms with Crippen LogP contribution in [0, 0.1) is 0 Å². The quantitative estimate of drug-likeness (QED) is 0.253. The van der Waals surface area contributed by atoms with E-state index in [4.69, 9.17) is 9.47 Å². The van der Waals surface area contributed by atoms with E-state index < -0.39 is 0 Å². The molecule has 0 amide bonds. The summed E-state index contributed by atoms with van der Waals surface area (Å²) in [7, 11) is 0. The van der Waals surface area contributed by atoms with E-state index in [0.717, 1.165) is 42.9 Å². The van der Waals surface area contributed by atoms with Crippen molar-refractivity contribution in [3.05, 3.63) is 66.9 Å². The molecule has 0 N–H and O–H groups in total. The van der Waals surface area contributed by atoms with Gasteiger partial charge in [-0.2, -0.15) is 0 Å². The number of unbranched alkanes of at least 4 members (excludes halogenated alkanes) is 3. The Morgan fingerprint density at radius 3 is 2.59 bits per heavy atom. The molecule has 1 atom stereocenters. The fraction of sp³-hybridized carbons (Fsp3) is 0.423. The molecular formula is C26H35NO2. The molecule has 1 aromatic heterocycles. The third kappa shape index (κ3) is 9.10. The van der Waals surface area contributed by atoms with E-state index >= 15 is 0 Å². The fourth-order valence-corrected chi connectivity index (χ4v) is 3.02. The first-order chi connectivity index (χ1) is 14.2. The van der Waals surface area contributed by atoms with E-state index in [-0.39, 0.29) is 0 Å². The van der Waals surface area contributed by atoms with Crippen LogP contribution in [0.4, 0.5) is 0 Å². The van der Waals surface area contributed by atoms with Gasteiger partial charge in [-0.1, -0.05) is 68.8 Å². The number of ether oxygens (including phenoxy) is 2. The van der Waals surface area contributed by atoms with Gasteiger partial charge in [0.25, 0.3) is 0 Å². The molecule has 1 heterocycles. The van der Waals surface area contributed by atoms with Crippen molar-refractivity contribution in [1.29, 1.82) is 0 Å². The molecule has 0 aliphatic rings. The van der Waals surface area contributed by atoms with Crippen molar-refractivity contribution >= 4 is 6.08 Å². The fourth-order valence-electron chi connectivity index (χ4n) is 3.02. The molecule has 1 aromatic carbocycles. The lowest BCUT2D eigenvalue weighted by Gasteiger charge is -2.12. The average Bonchev–Trinajstić information content (AvgIpc) is 2.76. The van der Waals surface area contributed by atoms with Crippen molar-refractivity contribution in [2.75, 3.05) is 13.2 Å². The highest BCUT2D eigenvalue weighted by atomic mass is 16.5. The topological polar surface area (TPSA) is 31.4 Å². The minimum absolute atomic E-state index is 0.362. The standard InChI is InChI=1S/C26H35NO2/c1-4-6-10-20-28-22(3)11-8-7-9-12-23-13-15-24(16-14-23)26-18-17-25(21-27-26)29-19-5-2/h5,9,12-18,21-22H,2,4,6-8,10-11,19-20H2,1,3H3. The summed E-state index contributed by atoms with van der Waals surface area (Å²) in [5, 5.41) is 0. The number of hydrogen-bond acceptors (Lipinski definition) is 3. The predicted molar refractivity (Wildman–Crippen MR) is 123 cm³/mol. The van der Waals surface area contributed by atoms with Gasteiger partial charge < -0.3 is 9.47 Å². The van der Waals surface area contributed by atoms with Crippen LogP contribution in [0.1, 0.15) is 57.9 Å². The number of hydrogen-bond donors (Lipinski definition) is 0. The average molecular weight is 394 g/mol. The number of aromatic nitrogens is 1. The number of nitrogens with zero attached hydrogens (tertiary/aromatic N) is 1. The van der Waals surface area contributed by atoms with Gasteiger partial charge in [0.2, 0.25) is 0 Å². The normalized spacial score (nSPS) is 12.2. The second kappa shape index (κ2) is 13.7. The largest absolute Gasteiger partial charge is 0.488 e. The Balaban J connectivity index is 1.72. The van der Waals surface area contributed by atoms with Crippen molar-refractivity contribution in [2.45, 2.75) is 58.5 Å². The lowest BCUT2D eigenvalue weighted by Crippen LogP contribution is -2.08. The van der Waals surface area contributed by atoms with Crippen molar-refractivity contribution in [3.8, 4) is 17.0 Å². The molecule has 0 spiro atoms. The van der Waals surface area contributed by atoms with Crippen LogP contribution >= 0.6 is 0 Å². The van der Waals surface area contributed by atoms with Gasteiger partial charge in [0.05, 0.1) is 18.0 Å². The maximum Gasteiger partial charge on any atom is 0.138 e. The zero-order valence-electron chi connectivity index (χ0n) is 18.0. The van der Waals surface area contributed by atoms with Crippen LogP contribution in [0.25, 0.3) is 17.3 Å². The van der Waals surface area contributed by atoms with Gasteiger partial charge in [-0.05, 0) is 50.3 Å². The Kier molecular flexibility index (Phi) is 10.8. The molecule has 29 heavy (non-hydrogen) atoms. The predicted octanol–water partition coefficient (Wildman–Crippen LogP) is 7.09. The minimum atomic E-state index is 0.362. The van der Waals surface area contributed by atoms with Crippen molar-refractivity contribution in [1.82, 2.24) is 4.98 Å². The summed E-state index contributed by atoms with van der Waals surface area (Å²) in [5.41, 5.74) is 3.26.